The summed E-state index contributed by atoms with van der Waals surface area (Å²) in [5, 5.41) is 0.271. The summed E-state index contributed by atoms with van der Waals surface area (Å²) in [5.74, 6) is 0. The highest BCUT2D eigenvalue weighted by atomic mass is 79.9. The van der Waals surface area contributed by atoms with Crippen LogP contribution in [0.5, 0.6) is 0 Å². The Hall–Kier alpha value is -0.123. The van der Waals surface area contributed by atoms with E-state index in [-0.39, 0.29) is 5.04 Å². The minimum Gasteiger partial charge on any atom is -0.413 e. The number of hydrogen-bond acceptors (Lipinski definition) is 1. The van der Waals surface area contributed by atoms with Crippen molar-refractivity contribution < 1.29 is 4.43 Å². The van der Waals surface area contributed by atoms with Crippen LogP contribution in [-0.2, 0) is 11.0 Å². The molecule has 0 aliphatic carbocycles. The molecule has 1 aromatic rings. The first-order valence-electron chi connectivity index (χ1n) is 6.03. The first-order chi connectivity index (χ1) is 7.65. The molecule has 0 aliphatic rings. The van der Waals surface area contributed by atoms with Crippen molar-refractivity contribution in [3.8, 4) is 0 Å². The lowest BCUT2D eigenvalue weighted by Gasteiger charge is -2.36. The van der Waals surface area contributed by atoms with Crippen LogP contribution in [0.2, 0.25) is 18.1 Å². The fourth-order valence-electron chi connectivity index (χ4n) is 1.28. The first kappa shape index (κ1) is 14.9. The predicted molar refractivity (Wildman–Crippen MR) is 80.9 cm³/mol. The zero-order valence-corrected chi connectivity index (χ0v) is 14.3. The summed E-state index contributed by atoms with van der Waals surface area (Å²) < 4.78 is 7.39. The van der Waals surface area contributed by atoms with E-state index in [0.29, 0.717) is 0 Å². The monoisotopic (exact) mass is 314 g/mol. The van der Waals surface area contributed by atoms with E-state index in [1.807, 2.05) is 0 Å². The Morgan fingerprint density at radius 3 is 2.35 bits per heavy atom. The lowest BCUT2D eigenvalue weighted by molar-refractivity contribution is 0.275. The van der Waals surface area contributed by atoms with Crippen LogP contribution in [0, 0.1) is 6.92 Å². The average molecular weight is 315 g/mol. The van der Waals surface area contributed by atoms with Crippen LogP contribution >= 0.6 is 15.9 Å². The Labute approximate surface area is 115 Å². The zero-order chi connectivity index (χ0) is 13.3. The van der Waals surface area contributed by atoms with E-state index >= 15 is 0 Å². The maximum Gasteiger partial charge on any atom is 0.192 e. The number of rotatable bonds is 3. The van der Waals surface area contributed by atoms with Gasteiger partial charge in [0.15, 0.2) is 8.32 Å². The summed E-state index contributed by atoms with van der Waals surface area (Å²) in [7, 11) is -1.64. The van der Waals surface area contributed by atoms with Crippen molar-refractivity contribution in [3.05, 3.63) is 33.8 Å². The molecule has 3 heteroatoms. The highest BCUT2D eigenvalue weighted by molar-refractivity contribution is 9.10. The van der Waals surface area contributed by atoms with Gasteiger partial charge in [0.2, 0.25) is 0 Å². The molecule has 0 amide bonds. The average Bonchev–Trinajstić information content (AvgIpc) is 2.18. The third-order valence-corrected chi connectivity index (χ3v) is 9.11. The third kappa shape index (κ3) is 3.67. The standard InChI is InChI=1S/C14H23BrOSi/c1-11-12(8-7-9-13(11)15)10-16-17(5,6)14(2,3)4/h7-9H,10H2,1-6H3. The molecule has 1 nitrogen and oxygen atoms in total. The van der Waals surface area contributed by atoms with Crippen LogP contribution in [0.1, 0.15) is 31.9 Å². The van der Waals surface area contributed by atoms with Gasteiger partial charge in [0.1, 0.15) is 0 Å². The Morgan fingerprint density at radius 2 is 1.82 bits per heavy atom. The van der Waals surface area contributed by atoms with Crippen LogP contribution in [0.25, 0.3) is 0 Å². The van der Waals surface area contributed by atoms with Gasteiger partial charge < -0.3 is 4.43 Å². The quantitative estimate of drug-likeness (QED) is 0.690. The molecular weight excluding hydrogens is 292 g/mol. The number of hydrogen-bond donors (Lipinski definition) is 0. The van der Waals surface area contributed by atoms with Crippen LogP contribution in [0.4, 0.5) is 0 Å². The van der Waals surface area contributed by atoms with Gasteiger partial charge in [-0.3, -0.25) is 0 Å². The molecule has 96 valence electrons. The smallest absolute Gasteiger partial charge is 0.192 e. The number of benzene rings is 1. The normalized spacial score (nSPS) is 12.9. The second-order valence-electron chi connectivity index (χ2n) is 6.07. The topological polar surface area (TPSA) is 9.23 Å². The van der Waals surface area contributed by atoms with Crippen LogP contribution < -0.4 is 0 Å². The Morgan fingerprint density at radius 1 is 1.24 bits per heavy atom. The molecule has 0 spiro atoms. The molecule has 1 aromatic carbocycles. The summed E-state index contributed by atoms with van der Waals surface area (Å²) in [4.78, 5) is 0. The minimum absolute atomic E-state index is 0.271. The van der Waals surface area contributed by atoms with Gasteiger partial charge in [0, 0.05) is 4.47 Å². The van der Waals surface area contributed by atoms with Gasteiger partial charge in [-0.25, -0.2) is 0 Å². The lowest BCUT2D eigenvalue weighted by atomic mass is 10.1. The highest BCUT2D eigenvalue weighted by Crippen LogP contribution is 2.37. The molecular formula is C14H23BrOSi. The van der Waals surface area contributed by atoms with E-state index in [1.54, 1.807) is 0 Å². The summed E-state index contributed by atoms with van der Waals surface area (Å²) in [5.41, 5.74) is 2.57. The number of halogens is 1. The lowest BCUT2D eigenvalue weighted by Crippen LogP contribution is -2.40. The maximum atomic E-state index is 6.23. The maximum absolute atomic E-state index is 6.23. The van der Waals surface area contributed by atoms with E-state index < -0.39 is 8.32 Å². The molecule has 0 unspecified atom stereocenters. The molecule has 0 fully saturated rings. The molecule has 0 aliphatic heterocycles. The van der Waals surface area contributed by atoms with Gasteiger partial charge in [-0.15, -0.1) is 0 Å². The molecule has 0 saturated carbocycles. The van der Waals surface area contributed by atoms with Crippen molar-refractivity contribution in [1.29, 1.82) is 0 Å². The van der Waals surface area contributed by atoms with Crippen molar-refractivity contribution >= 4 is 24.2 Å². The molecule has 17 heavy (non-hydrogen) atoms. The van der Waals surface area contributed by atoms with Crippen LogP contribution in [0.3, 0.4) is 0 Å². The van der Waals surface area contributed by atoms with Crippen molar-refractivity contribution in [2.45, 2.75) is 52.4 Å². The van der Waals surface area contributed by atoms with Gasteiger partial charge in [0.05, 0.1) is 6.61 Å². The van der Waals surface area contributed by atoms with E-state index in [1.165, 1.54) is 11.1 Å². The van der Waals surface area contributed by atoms with Gasteiger partial charge in [-0.05, 0) is 42.2 Å². The molecule has 0 N–H and O–H groups in total. The molecule has 0 radical (unpaired) electrons. The second-order valence-corrected chi connectivity index (χ2v) is 11.7. The fraction of sp³-hybridized carbons (Fsp3) is 0.571. The fourth-order valence-corrected chi connectivity index (χ4v) is 2.64. The largest absolute Gasteiger partial charge is 0.413 e. The van der Waals surface area contributed by atoms with E-state index in [4.69, 9.17) is 4.43 Å². The van der Waals surface area contributed by atoms with Crippen LogP contribution in [-0.4, -0.2) is 8.32 Å². The van der Waals surface area contributed by atoms with E-state index in [2.05, 4.69) is 74.9 Å². The Bertz CT molecular complexity index is 394. The summed E-state index contributed by atoms with van der Waals surface area (Å²) in [6, 6.07) is 6.29. The predicted octanol–water partition coefficient (Wildman–Crippen LogP) is 5.28. The first-order valence-corrected chi connectivity index (χ1v) is 9.73. The van der Waals surface area contributed by atoms with Gasteiger partial charge >= 0.3 is 0 Å². The van der Waals surface area contributed by atoms with E-state index in [0.717, 1.165) is 11.1 Å². The molecule has 0 saturated heterocycles. The molecule has 0 atom stereocenters. The molecule has 0 heterocycles. The van der Waals surface area contributed by atoms with Crippen LogP contribution in [0.15, 0.2) is 22.7 Å². The van der Waals surface area contributed by atoms with Gasteiger partial charge in [0.25, 0.3) is 0 Å². The second kappa shape index (κ2) is 5.25. The van der Waals surface area contributed by atoms with Crippen molar-refractivity contribution in [2.75, 3.05) is 0 Å². The minimum atomic E-state index is -1.64. The third-order valence-electron chi connectivity index (χ3n) is 3.77. The summed E-state index contributed by atoms with van der Waals surface area (Å²) in [6.07, 6.45) is 0. The van der Waals surface area contributed by atoms with Gasteiger partial charge in [-0.1, -0.05) is 48.8 Å². The summed E-state index contributed by atoms with van der Waals surface area (Å²) in [6.45, 7) is 14.3. The zero-order valence-electron chi connectivity index (χ0n) is 11.7. The molecule has 1 rings (SSSR count). The van der Waals surface area contributed by atoms with Crippen molar-refractivity contribution in [2.24, 2.45) is 0 Å². The molecule has 0 aromatic heterocycles. The van der Waals surface area contributed by atoms with E-state index in [9.17, 15) is 0 Å². The Kier molecular flexibility index (Phi) is 4.61. The summed E-state index contributed by atoms with van der Waals surface area (Å²) >= 11 is 3.56. The van der Waals surface area contributed by atoms with Gasteiger partial charge in [-0.2, -0.15) is 0 Å². The molecule has 0 bridgehead atoms. The SMILES string of the molecule is Cc1c(Br)cccc1CO[Si](C)(C)C(C)(C)C. The Balaban J connectivity index is 2.78. The van der Waals surface area contributed by atoms with Crippen molar-refractivity contribution in [3.63, 3.8) is 0 Å². The van der Waals surface area contributed by atoms with Crippen molar-refractivity contribution in [1.82, 2.24) is 0 Å². The highest BCUT2D eigenvalue weighted by Gasteiger charge is 2.37.